The molecule has 0 saturated heterocycles. The van der Waals surface area contributed by atoms with E-state index in [1.165, 1.54) is 0 Å². The Labute approximate surface area is 170 Å². The van der Waals surface area contributed by atoms with Crippen molar-refractivity contribution in [3.63, 3.8) is 0 Å². The van der Waals surface area contributed by atoms with Gasteiger partial charge in [-0.05, 0) is 43.0 Å². The number of rotatable bonds is 6. The monoisotopic (exact) mass is 397 g/mol. The molecule has 154 valence electrons. The van der Waals surface area contributed by atoms with Crippen molar-refractivity contribution < 1.29 is 24.2 Å². The molecule has 0 heterocycles. The Bertz CT molecular complexity index is 841. The van der Waals surface area contributed by atoms with Crippen LogP contribution in [0.5, 0.6) is 0 Å². The van der Waals surface area contributed by atoms with E-state index in [-0.39, 0.29) is 25.6 Å². The van der Waals surface area contributed by atoms with E-state index in [9.17, 15) is 14.7 Å². The van der Waals surface area contributed by atoms with Crippen molar-refractivity contribution >= 4 is 12.1 Å². The average Bonchev–Trinajstić information content (AvgIpc) is 2.99. The molecule has 1 unspecified atom stereocenters. The number of hydrogen-bond acceptors (Lipinski definition) is 5. The zero-order valence-corrected chi connectivity index (χ0v) is 17.0. The van der Waals surface area contributed by atoms with Crippen LogP contribution in [0.4, 0.5) is 4.79 Å². The van der Waals surface area contributed by atoms with Gasteiger partial charge in [0, 0.05) is 18.9 Å². The Morgan fingerprint density at radius 3 is 2.10 bits per heavy atom. The first-order valence-electron chi connectivity index (χ1n) is 9.75. The molecule has 1 atom stereocenters. The van der Waals surface area contributed by atoms with Gasteiger partial charge in [0.1, 0.15) is 18.2 Å². The largest absolute Gasteiger partial charge is 0.458 e. The summed E-state index contributed by atoms with van der Waals surface area (Å²) in [4.78, 5) is 24.6. The summed E-state index contributed by atoms with van der Waals surface area (Å²) in [6.45, 7) is 5.13. The van der Waals surface area contributed by atoms with Crippen molar-refractivity contribution in [3.05, 3.63) is 59.7 Å². The average molecular weight is 397 g/mol. The van der Waals surface area contributed by atoms with Crippen LogP contribution < -0.4 is 5.32 Å². The SMILES string of the molecule is CC(C)(C)OC(=O)C(CCO)NC(=O)OCC1c2ccccc2-c2ccccc21. The molecule has 2 aromatic rings. The number of amides is 1. The van der Waals surface area contributed by atoms with Crippen LogP contribution in [0.25, 0.3) is 11.1 Å². The first-order chi connectivity index (χ1) is 13.8. The number of aliphatic hydroxyl groups is 1. The van der Waals surface area contributed by atoms with Crippen molar-refractivity contribution in [1.29, 1.82) is 0 Å². The van der Waals surface area contributed by atoms with Gasteiger partial charge in [-0.15, -0.1) is 0 Å². The first kappa shape index (κ1) is 20.9. The van der Waals surface area contributed by atoms with Crippen LogP contribution in [0, 0.1) is 0 Å². The molecular weight excluding hydrogens is 370 g/mol. The van der Waals surface area contributed by atoms with Crippen molar-refractivity contribution in [2.24, 2.45) is 0 Å². The third kappa shape index (κ3) is 4.95. The maximum absolute atomic E-state index is 12.4. The summed E-state index contributed by atoms with van der Waals surface area (Å²) >= 11 is 0. The number of benzene rings is 2. The third-order valence-corrected chi connectivity index (χ3v) is 4.74. The predicted octanol–water partition coefficient (Wildman–Crippen LogP) is 3.62. The minimum absolute atomic E-state index is 0.0547. The fourth-order valence-electron chi connectivity index (χ4n) is 3.53. The highest BCUT2D eigenvalue weighted by molar-refractivity contribution is 5.82. The van der Waals surface area contributed by atoms with Crippen molar-refractivity contribution in [2.75, 3.05) is 13.2 Å². The van der Waals surface area contributed by atoms with Crippen LogP contribution >= 0.6 is 0 Å². The second kappa shape index (κ2) is 8.66. The quantitative estimate of drug-likeness (QED) is 0.728. The topological polar surface area (TPSA) is 84.9 Å². The number of aliphatic hydroxyl groups excluding tert-OH is 1. The lowest BCUT2D eigenvalue weighted by atomic mass is 9.98. The Morgan fingerprint density at radius 1 is 1.03 bits per heavy atom. The molecule has 6 heteroatoms. The third-order valence-electron chi connectivity index (χ3n) is 4.74. The molecule has 2 aromatic carbocycles. The molecule has 1 amide bonds. The fourth-order valence-corrected chi connectivity index (χ4v) is 3.53. The second-order valence-corrected chi connectivity index (χ2v) is 8.07. The molecule has 0 fully saturated rings. The predicted molar refractivity (Wildman–Crippen MR) is 110 cm³/mol. The summed E-state index contributed by atoms with van der Waals surface area (Å²) in [5.74, 6) is -0.661. The van der Waals surface area contributed by atoms with E-state index in [1.54, 1.807) is 20.8 Å². The zero-order valence-electron chi connectivity index (χ0n) is 17.0. The summed E-state index contributed by atoms with van der Waals surface area (Å²) < 4.78 is 10.8. The summed E-state index contributed by atoms with van der Waals surface area (Å²) in [7, 11) is 0. The van der Waals surface area contributed by atoms with Crippen LogP contribution in [0.1, 0.15) is 44.2 Å². The standard InChI is InChI=1S/C23H27NO5/c1-23(2,3)29-21(26)20(12-13-25)24-22(27)28-14-19-17-10-6-4-8-15(17)16-9-5-7-11-18(16)19/h4-11,19-20,25H,12-14H2,1-3H3,(H,24,27). The van der Waals surface area contributed by atoms with Crippen molar-refractivity contribution in [1.82, 2.24) is 5.32 Å². The Hall–Kier alpha value is -2.86. The van der Waals surface area contributed by atoms with Gasteiger partial charge in [0.2, 0.25) is 0 Å². The first-order valence-corrected chi connectivity index (χ1v) is 9.75. The van der Waals surface area contributed by atoms with Gasteiger partial charge >= 0.3 is 12.1 Å². The molecule has 0 spiro atoms. The summed E-state index contributed by atoms with van der Waals surface area (Å²) in [5, 5.41) is 11.7. The van der Waals surface area contributed by atoms with Gasteiger partial charge in [-0.1, -0.05) is 48.5 Å². The molecule has 1 aliphatic carbocycles. The molecule has 0 saturated carbocycles. The Kier molecular flexibility index (Phi) is 6.23. The van der Waals surface area contributed by atoms with Gasteiger partial charge in [0.15, 0.2) is 0 Å². The Balaban J connectivity index is 1.66. The van der Waals surface area contributed by atoms with E-state index in [0.29, 0.717) is 0 Å². The van der Waals surface area contributed by atoms with Gasteiger partial charge in [-0.2, -0.15) is 0 Å². The number of carbonyl (C=O) groups excluding carboxylic acids is 2. The molecular formula is C23H27NO5. The molecule has 0 aromatic heterocycles. The maximum atomic E-state index is 12.4. The van der Waals surface area contributed by atoms with Crippen LogP contribution in [-0.2, 0) is 14.3 Å². The lowest BCUT2D eigenvalue weighted by Crippen LogP contribution is -2.45. The molecule has 0 radical (unpaired) electrons. The molecule has 6 nitrogen and oxygen atoms in total. The van der Waals surface area contributed by atoms with Crippen LogP contribution in [0.15, 0.2) is 48.5 Å². The number of carbonyl (C=O) groups is 2. The highest BCUT2D eigenvalue weighted by Crippen LogP contribution is 2.44. The number of hydrogen-bond donors (Lipinski definition) is 2. The summed E-state index contributed by atoms with van der Waals surface area (Å²) in [6, 6.07) is 15.2. The van der Waals surface area contributed by atoms with E-state index in [4.69, 9.17) is 9.47 Å². The maximum Gasteiger partial charge on any atom is 0.407 e. The van der Waals surface area contributed by atoms with E-state index in [0.717, 1.165) is 22.3 Å². The highest BCUT2D eigenvalue weighted by Gasteiger charge is 2.30. The number of esters is 1. The zero-order chi connectivity index (χ0) is 21.0. The van der Waals surface area contributed by atoms with Gasteiger partial charge in [0.25, 0.3) is 0 Å². The second-order valence-electron chi connectivity index (χ2n) is 8.07. The van der Waals surface area contributed by atoms with Crippen LogP contribution in [-0.4, -0.2) is 42.0 Å². The molecule has 29 heavy (non-hydrogen) atoms. The smallest absolute Gasteiger partial charge is 0.407 e. The van der Waals surface area contributed by atoms with E-state index in [1.807, 2.05) is 36.4 Å². The number of nitrogens with one attached hydrogen (secondary N) is 1. The van der Waals surface area contributed by atoms with Gasteiger partial charge in [0.05, 0.1) is 0 Å². The van der Waals surface area contributed by atoms with E-state index in [2.05, 4.69) is 17.4 Å². The van der Waals surface area contributed by atoms with Gasteiger partial charge in [-0.3, -0.25) is 0 Å². The normalized spacial score (nSPS) is 13.9. The molecule has 1 aliphatic rings. The Morgan fingerprint density at radius 2 is 1.59 bits per heavy atom. The van der Waals surface area contributed by atoms with E-state index >= 15 is 0 Å². The lowest BCUT2D eigenvalue weighted by molar-refractivity contribution is -0.157. The minimum atomic E-state index is -0.963. The van der Waals surface area contributed by atoms with Gasteiger partial charge in [-0.25, -0.2) is 9.59 Å². The molecule has 2 N–H and O–H groups in total. The highest BCUT2D eigenvalue weighted by atomic mass is 16.6. The van der Waals surface area contributed by atoms with Gasteiger partial charge < -0.3 is 19.9 Å². The summed E-state index contributed by atoms with van der Waals surface area (Å²) in [6.07, 6.45) is -0.657. The van der Waals surface area contributed by atoms with Crippen LogP contribution in [0.3, 0.4) is 0 Å². The number of ether oxygens (including phenoxy) is 2. The van der Waals surface area contributed by atoms with Crippen molar-refractivity contribution in [3.8, 4) is 11.1 Å². The summed E-state index contributed by atoms with van der Waals surface area (Å²) in [5.41, 5.74) is 3.82. The molecule has 0 aliphatic heterocycles. The number of alkyl carbamates (subject to hydrolysis) is 1. The molecule has 3 rings (SSSR count). The molecule has 0 bridgehead atoms. The minimum Gasteiger partial charge on any atom is -0.458 e. The number of fused-ring (bicyclic) bond motifs is 3. The van der Waals surface area contributed by atoms with E-state index < -0.39 is 23.7 Å². The van der Waals surface area contributed by atoms with Crippen molar-refractivity contribution in [2.45, 2.75) is 44.8 Å². The lowest BCUT2D eigenvalue weighted by Gasteiger charge is -2.24. The fraction of sp³-hybridized carbons (Fsp3) is 0.391. The van der Waals surface area contributed by atoms with Crippen LogP contribution in [0.2, 0.25) is 0 Å².